The fraction of sp³-hybridized carbons (Fsp3) is 0.583. The van der Waals surface area contributed by atoms with Crippen molar-refractivity contribution < 1.29 is 5.11 Å². The molecule has 0 atom stereocenters. The van der Waals surface area contributed by atoms with Crippen molar-refractivity contribution in [2.45, 2.75) is 31.7 Å². The van der Waals surface area contributed by atoms with E-state index in [0.29, 0.717) is 23.8 Å². The summed E-state index contributed by atoms with van der Waals surface area (Å²) in [6, 6.07) is 2.15. The predicted molar refractivity (Wildman–Crippen MR) is 69.7 cm³/mol. The standard InChI is InChI=1S/C12H19N5O/c13-11(14)10-5-6-15-16-12(10)17(7-2-8-18)9-3-1-4-9/h5-6,9,18H,1-4,7-8H2,(H3,13,14). The molecule has 1 aliphatic carbocycles. The fourth-order valence-corrected chi connectivity index (χ4v) is 2.15. The molecular weight excluding hydrogens is 230 g/mol. The zero-order valence-corrected chi connectivity index (χ0v) is 10.3. The second-order valence-electron chi connectivity index (χ2n) is 4.54. The van der Waals surface area contributed by atoms with E-state index < -0.39 is 0 Å². The minimum Gasteiger partial charge on any atom is -0.396 e. The average molecular weight is 249 g/mol. The van der Waals surface area contributed by atoms with Gasteiger partial charge in [0.2, 0.25) is 0 Å². The lowest BCUT2D eigenvalue weighted by Gasteiger charge is -2.38. The normalized spacial score (nSPS) is 15.2. The van der Waals surface area contributed by atoms with Crippen LogP contribution in [0.3, 0.4) is 0 Å². The molecule has 0 unspecified atom stereocenters. The second kappa shape index (κ2) is 5.77. The highest BCUT2D eigenvalue weighted by molar-refractivity contribution is 5.99. The van der Waals surface area contributed by atoms with E-state index in [4.69, 9.17) is 16.2 Å². The van der Waals surface area contributed by atoms with Gasteiger partial charge in [0, 0.05) is 19.2 Å². The van der Waals surface area contributed by atoms with E-state index in [1.807, 2.05) is 0 Å². The lowest BCUT2D eigenvalue weighted by atomic mass is 9.91. The van der Waals surface area contributed by atoms with Gasteiger partial charge in [-0.15, -0.1) is 5.10 Å². The molecule has 4 N–H and O–H groups in total. The second-order valence-corrected chi connectivity index (χ2v) is 4.54. The molecule has 0 amide bonds. The van der Waals surface area contributed by atoms with Crippen LogP contribution in [0.25, 0.3) is 0 Å². The van der Waals surface area contributed by atoms with Crippen molar-refractivity contribution >= 4 is 11.7 Å². The molecule has 0 aromatic carbocycles. The third kappa shape index (κ3) is 2.59. The minimum atomic E-state index is 0.00761. The molecule has 1 fully saturated rings. The van der Waals surface area contributed by atoms with Crippen LogP contribution in [0.2, 0.25) is 0 Å². The summed E-state index contributed by atoms with van der Waals surface area (Å²) in [4.78, 5) is 2.13. The van der Waals surface area contributed by atoms with Crippen LogP contribution in [0.15, 0.2) is 12.3 Å². The SMILES string of the molecule is N=C(N)c1ccnnc1N(CCCO)C1CCC1. The number of nitrogens with one attached hydrogen (secondary N) is 1. The Morgan fingerprint density at radius 3 is 2.89 bits per heavy atom. The number of amidine groups is 1. The van der Waals surface area contributed by atoms with Gasteiger partial charge in [-0.25, -0.2) is 0 Å². The molecule has 0 radical (unpaired) electrons. The average Bonchev–Trinajstić information content (AvgIpc) is 2.32. The molecule has 2 rings (SSSR count). The number of anilines is 1. The molecule has 1 aromatic rings. The van der Waals surface area contributed by atoms with Gasteiger partial charge in [0.25, 0.3) is 0 Å². The van der Waals surface area contributed by atoms with Gasteiger partial charge in [0.15, 0.2) is 5.82 Å². The molecule has 1 heterocycles. The molecule has 18 heavy (non-hydrogen) atoms. The molecule has 0 spiro atoms. The topological polar surface area (TPSA) is 99.1 Å². The van der Waals surface area contributed by atoms with E-state index in [-0.39, 0.29) is 12.4 Å². The van der Waals surface area contributed by atoms with Crippen LogP contribution in [-0.2, 0) is 0 Å². The number of rotatable bonds is 6. The van der Waals surface area contributed by atoms with E-state index in [0.717, 1.165) is 19.4 Å². The molecule has 0 saturated heterocycles. The Kier molecular flexibility index (Phi) is 4.09. The van der Waals surface area contributed by atoms with Crippen LogP contribution in [0.1, 0.15) is 31.2 Å². The summed E-state index contributed by atoms with van der Waals surface area (Å²) >= 11 is 0. The number of nitrogens with two attached hydrogens (primary N) is 1. The van der Waals surface area contributed by atoms with Crippen LogP contribution in [0.5, 0.6) is 0 Å². The van der Waals surface area contributed by atoms with E-state index in [1.54, 1.807) is 12.3 Å². The molecule has 1 aromatic heterocycles. The zero-order chi connectivity index (χ0) is 13.0. The first-order valence-electron chi connectivity index (χ1n) is 6.27. The van der Waals surface area contributed by atoms with Crippen molar-refractivity contribution in [3.8, 4) is 0 Å². The van der Waals surface area contributed by atoms with Crippen LogP contribution >= 0.6 is 0 Å². The smallest absolute Gasteiger partial charge is 0.162 e. The van der Waals surface area contributed by atoms with E-state index in [2.05, 4.69) is 15.1 Å². The van der Waals surface area contributed by atoms with E-state index in [9.17, 15) is 0 Å². The number of hydrogen-bond donors (Lipinski definition) is 3. The number of nitrogen functional groups attached to an aromatic ring is 1. The van der Waals surface area contributed by atoms with E-state index in [1.165, 1.54) is 6.42 Å². The highest BCUT2D eigenvalue weighted by atomic mass is 16.3. The minimum absolute atomic E-state index is 0.00761. The van der Waals surface area contributed by atoms with Crippen LogP contribution < -0.4 is 10.6 Å². The predicted octanol–water partition coefficient (Wildman–Crippen LogP) is 0.502. The van der Waals surface area contributed by atoms with Gasteiger partial charge in [-0.2, -0.15) is 5.10 Å². The number of aliphatic hydroxyl groups is 1. The molecule has 6 nitrogen and oxygen atoms in total. The molecule has 0 bridgehead atoms. The van der Waals surface area contributed by atoms with Crippen LogP contribution in [0, 0.1) is 5.41 Å². The van der Waals surface area contributed by atoms with Crippen molar-refractivity contribution in [2.24, 2.45) is 5.73 Å². The van der Waals surface area contributed by atoms with Crippen LogP contribution in [-0.4, -0.2) is 40.3 Å². The van der Waals surface area contributed by atoms with Gasteiger partial charge in [0.1, 0.15) is 5.84 Å². The Morgan fingerprint density at radius 1 is 1.56 bits per heavy atom. The van der Waals surface area contributed by atoms with Crippen molar-refractivity contribution in [2.75, 3.05) is 18.1 Å². The number of aliphatic hydroxyl groups excluding tert-OH is 1. The summed E-state index contributed by atoms with van der Waals surface area (Å²) in [7, 11) is 0. The van der Waals surface area contributed by atoms with Gasteiger partial charge in [-0.05, 0) is 31.7 Å². The molecule has 0 aliphatic heterocycles. The summed E-state index contributed by atoms with van der Waals surface area (Å²) in [5, 5.41) is 24.6. The maximum Gasteiger partial charge on any atom is 0.162 e. The maximum absolute atomic E-state index is 8.98. The highest BCUT2D eigenvalue weighted by Gasteiger charge is 2.27. The third-order valence-electron chi connectivity index (χ3n) is 3.34. The van der Waals surface area contributed by atoms with Crippen LogP contribution in [0.4, 0.5) is 5.82 Å². The van der Waals surface area contributed by atoms with Gasteiger partial charge in [0.05, 0.1) is 11.8 Å². The largest absolute Gasteiger partial charge is 0.396 e. The third-order valence-corrected chi connectivity index (χ3v) is 3.34. The Labute approximate surface area is 106 Å². The van der Waals surface area contributed by atoms with E-state index >= 15 is 0 Å². The number of nitrogens with zero attached hydrogens (tertiary/aromatic N) is 3. The summed E-state index contributed by atoms with van der Waals surface area (Å²) in [5.74, 6) is 0.677. The van der Waals surface area contributed by atoms with Gasteiger partial charge >= 0.3 is 0 Å². The van der Waals surface area contributed by atoms with Gasteiger partial charge < -0.3 is 15.7 Å². The summed E-state index contributed by atoms with van der Waals surface area (Å²) in [6.45, 7) is 0.874. The molecule has 6 heteroatoms. The lowest BCUT2D eigenvalue weighted by molar-refractivity contribution is 0.282. The van der Waals surface area contributed by atoms with Crippen molar-refractivity contribution in [1.82, 2.24) is 10.2 Å². The first-order chi connectivity index (χ1) is 8.74. The molecule has 1 saturated carbocycles. The quantitative estimate of drug-likeness (QED) is 0.503. The van der Waals surface area contributed by atoms with Gasteiger partial charge in [-0.3, -0.25) is 5.41 Å². The Bertz CT molecular complexity index is 419. The Morgan fingerprint density at radius 2 is 2.33 bits per heavy atom. The van der Waals surface area contributed by atoms with Crippen molar-refractivity contribution in [3.63, 3.8) is 0 Å². The molecule has 1 aliphatic rings. The zero-order valence-electron chi connectivity index (χ0n) is 10.3. The molecular formula is C12H19N5O. The monoisotopic (exact) mass is 249 g/mol. The highest BCUT2D eigenvalue weighted by Crippen LogP contribution is 2.29. The summed E-state index contributed by atoms with van der Waals surface area (Å²) in [6.07, 6.45) is 5.70. The molecule has 98 valence electrons. The summed E-state index contributed by atoms with van der Waals surface area (Å²) in [5.41, 5.74) is 6.20. The van der Waals surface area contributed by atoms with Crippen molar-refractivity contribution in [3.05, 3.63) is 17.8 Å². The fourth-order valence-electron chi connectivity index (χ4n) is 2.15. The number of aromatic nitrogens is 2. The van der Waals surface area contributed by atoms with Crippen molar-refractivity contribution in [1.29, 1.82) is 5.41 Å². The lowest BCUT2D eigenvalue weighted by Crippen LogP contribution is -2.42. The Hall–Kier alpha value is -1.69. The van der Waals surface area contributed by atoms with Gasteiger partial charge in [-0.1, -0.05) is 0 Å². The Balaban J connectivity index is 2.25. The maximum atomic E-state index is 8.98. The first-order valence-corrected chi connectivity index (χ1v) is 6.27. The number of hydrogen-bond acceptors (Lipinski definition) is 5. The first kappa shape index (κ1) is 12.8. The summed E-state index contributed by atoms with van der Waals surface area (Å²) < 4.78 is 0.